The van der Waals surface area contributed by atoms with E-state index in [1.807, 2.05) is 9.47 Å². The van der Waals surface area contributed by atoms with E-state index in [1.54, 1.807) is 32.8 Å². The van der Waals surface area contributed by atoms with Gasteiger partial charge in [-0.05, 0) is 33.1 Å². The van der Waals surface area contributed by atoms with E-state index < -0.39 is 10.0 Å². The Balaban J connectivity index is 1.61. The highest BCUT2D eigenvalue weighted by Gasteiger charge is 2.38. The molecule has 0 aromatic carbocycles. The molecular formula is C18H27N7O4S. The molecule has 0 aliphatic carbocycles. The fourth-order valence-corrected chi connectivity index (χ4v) is 5.94. The highest BCUT2D eigenvalue weighted by molar-refractivity contribution is 7.89. The smallest absolute Gasteiger partial charge is 0.320 e. The first kappa shape index (κ1) is 20.8. The predicted molar refractivity (Wildman–Crippen MR) is 106 cm³/mol. The zero-order chi connectivity index (χ0) is 21.6. The van der Waals surface area contributed by atoms with E-state index in [2.05, 4.69) is 15.4 Å². The Morgan fingerprint density at radius 2 is 1.90 bits per heavy atom. The van der Waals surface area contributed by atoms with E-state index in [0.717, 1.165) is 25.1 Å². The number of fused-ring (bicyclic) bond motifs is 1. The van der Waals surface area contributed by atoms with E-state index in [0.29, 0.717) is 31.2 Å². The van der Waals surface area contributed by atoms with Gasteiger partial charge in [0, 0.05) is 33.7 Å². The molecule has 1 saturated heterocycles. The second kappa shape index (κ2) is 7.65. The number of likely N-dealkylation sites (tertiary alicyclic amines) is 1. The van der Waals surface area contributed by atoms with Gasteiger partial charge in [-0.25, -0.2) is 13.2 Å². The van der Waals surface area contributed by atoms with Crippen molar-refractivity contribution in [1.29, 1.82) is 0 Å². The van der Waals surface area contributed by atoms with Crippen LogP contribution in [0.2, 0.25) is 0 Å². The van der Waals surface area contributed by atoms with E-state index in [4.69, 9.17) is 4.52 Å². The highest BCUT2D eigenvalue weighted by atomic mass is 32.2. The third kappa shape index (κ3) is 3.37. The quantitative estimate of drug-likeness (QED) is 0.710. The molecule has 1 atom stereocenters. The van der Waals surface area contributed by atoms with E-state index >= 15 is 0 Å². The number of rotatable bonds is 3. The Labute approximate surface area is 175 Å². The lowest BCUT2D eigenvalue weighted by Gasteiger charge is -2.37. The van der Waals surface area contributed by atoms with Crippen molar-refractivity contribution in [3.8, 4) is 0 Å². The number of nitrogens with zero attached hydrogens (tertiary/aromatic N) is 7. The number of piperidine rings is 1. The number of amides is 2. The van der Waals surface area contributed by atoms with Gasteiger partial charge in [0.25, 0.3) is 0 Å². The van der Waals surface area contributed by atoms with Crippen molar-refractivity contribution >= 4 is 16.1 Å². The van der Waals surface area contributed by atoms with Gasteiger partial charge >= 0.3 is 6.03 Å². The van der Waals surface area contributed by atoms with Crippen molar-refractivity contribution < 1.29 is 17.7 Å². The largest absolute Gasteiger partial charge is 0.360 e. The molecule has 2 aromatic rings. The molecular weight excluding hydrogens is 410 g/mol. The zero-order valence-electron chi connectivity index (χ0n) is 17.7. The van der Waals surface area contributed by atoms with Crippen LogP contribution in [0.1, 0.15) is 48.4 Å². The lowest BCUT2D eigenvalue weighted by atomic mass is 10.0. The molecule has 4 rings (SSSR count). The predicted octanol–water partition coefficient (Wildman–Crippen LogP) is 1.30. The van der Waals surface area contributed by atoms with Crippen molar-refractivity contribution in [3.05, 3.63) is 23.1 Å². The van der Waals surface area contributed by atoms with Gasteiger partial charge in [0.2, 0.25) is 10.0 Å². The van der Waals surface area contributed by atoms with Crippen LogP contribution in [0.3, 0.4) is 0 Å². The van der Waals surface area contributed by atoms with Crippen LogP contribution < -0.4 is 0 Å². The first-order chi connectivity index (χ1) is 14.2. The van der Waals surface area contributed by atoms with Crippen LogP contribution in [0.15, 0.2) is 9.42 Å². The molecule has 0 saturated carbocycles. The summed E-state index contributed by atoms with van der Waals surface area (Å²) in [6.07, 6.45) is 2.79. The summed E-state index contributed by atoms with van der Waals surface area (Å²) in [6, 6.07) is -0.198. The maximum Gasteiger partial charge on any atom is 0.320 e. The summed E-state index contributed by atoms with van der Waals surface area (Å²) in [6.45, 7) is 4.73. The summed E-state index contributed by atoms with van der Waals surface area (Å²) >= 11 is 0. The molecule has 2 aliphatic heterocycles. The first-order valence-corrected chi connectivity index (χ1v) is 11.5. The summed E-state index contributed by atoms with van der Waals surface area (Å²) in [4.78, 5) is 16.2. The highest BCUT2D eigenvalue weighted by Crippen LogP contribution is 2.33. The average Bonchev–Trinajstić information content (AvgIpc) is 3.29. The van der Waals surface area contributed by atoms with Crippen LogP contribution in [-0.2, 0) is 23.1 Å². The minimum atomic E-state index is -3.75. The molecule has 11 nitrogen and oxygen atoms in total. The number of aromatic nitrogens is 4. The van der Waals surface area contributed by atoms with Crippen molar-refractivity contribution in [2.24, 2.45) is 0 Å². The van der Waals surface area contributed by atoms with Crippen LogP contribution in [0.5, 0.6) is 0 Å². The third-order valence-electron chi connectivity index (χ3n) is 5.74. The minimum Gasteiger partial charge on any atom is -0.360 e. The van der Waals surface area contributed by atoms with Crippen LogP contribution in [0.25, 0.3) is 0 Å². The SMILES string of the molecule is Cc1noc(C)c1S(=O)(=O)N1CCn2c(nnc2C2CCCCN2C(=O)N(C)C)C1. The first-order valence-electron chi connectivity index (χ1n) is 10.0. The van der Waals surface area contributed by atoms with Crippen LogP contribution >= 0.6 is 0 Å². The summed E-state index contributed by atoms with van der Waals surface area (Å²) in [5.41, 5.74) is 0.347. The molecule has 2 aliphatic rings. The Morgan fingerprint density at radius 3 is 2.57 bits per heavy atom. The van der Waals surface area contributed by atoms with E-state index in [9.17, 15) is 13.2 Å². The molecule has 30 heavy (non-hydrogen) atoms. The Hall–Kier alpha value is -2.47. The van der Waals surface area contributed by atoms with Gasteiger partial charge in [-0.3, -0.25) is 0 Å². The lowest BCUT2D eigenvalue weighted by molar-refractivity contribution is 0.123. The van der Waals surface area contributed by atoms with Crippen LogP contribution in [0.4, 0.5) is 4.79 Å². The third-order valence-corrected chi connectivity index (χ3v) is 7.83. The van der Waals surface area contributed by atoms with Crippen molar-refractivity contribution in [2.45, 2.75) is 57.1 Å². The molecule has 1 unspecified atom stereocenters. The van der Waals surface area contributed by atoms with Crippen LogP contribution in [0, 0.1) is 13.8 Å². The van der Waals surface area contributed by atoms with Gasteiger partial charge in [0.1, 0.15) is 16.4 Å². The van der Waals surface area contributed by atoms with Crippen molar-refractivity contribution in [2.75, 3.05) is 27.2 Å². The fourth-order valence-electron chi connectivity index (χ4n) is 4.27. The van der Waals surface area contributed by atoms with Crippen molar-refractivity contribution in [3.63, 3.8) is 0 Å². The number of carbonyl (C=O) groups excluding carboxylic acids is 1. The Morgan fingerprint density at radius 1 is 1.13 bits per heavy atom. The standard InChI is InChI=1S/C18H27N7O4S/c1-12-16(13(2)29-21-12)30(27,28)23-9-10-25-15(11-23)19-20-17(25)14-7-5-6-8-24(14)18(26)22(3)4/h14H,5-11H2,1-4H3. The molecule has 1 fully saturated rings. The van der Waals surface area contributed by atoms with Gasteiger partial charge in [0.05, 0.1) is 12.6 Å². The number of aryl methyl sites for hydroxylation is 2. The minimum absolute atomic E-state index is 0.0459. The molecule has 0 bridgehead atoms. The normalized spacial score (nSPS) is 20.3. The molecule has 0 spiro atoms. The number of hydrogen-bond donors (Lipinski definition) is 0. The number of hydrogen-bond acceptors (Lipinski definition) is 7. The molecule has 2 aromatic heterocycles. The molecule has 4 heterocycles. The van der Waals surface area contributed by atoms with Crippen molar-refractivity contribution in [1.82, 2.24) is 34.0 Å². The van der Waals surface area contributed by atoms with Crippen LogP contribution in [-0.4, -0.2) is 75.7 Å². The van der Waals surface area contributed by atoms with E-state index in [1.165, 1.54) is 4.31 Å². The van der Waals surface area contributed by atoms with Gasteiger partial charge < -0.3 is 18.9 Å². The van der Waals surface area contributed by atoms with Gasteiger partial charge in [-0.2, -0.15) is 4.31 Å². The maximum absolute atomic E-state index is 13.1. The van der Waals surface area contributed by atoms with E-state index in [-0.39, 0.29) is 29.3 Å². The fraction of sp³-hybridized carbons (Fsp3) is 0.667. The lowest BCUT2D eigenvalue weighted by Crippen LogP contribution is -2.45. The van der Waals surface area contributed by atoms with Gasteiger partial charge in [-0.15, -0.1) is 10.2 Å². The summed E-state index contributed by atoms with van der Waals surface area (Å²) in [5.74, 6) is 1.59. The molecule has 164 valence electrons. The summed E-state index contributed by atoms with van der Waals surface area (Å²) in [7, 11) is -0.267. The average molecular weight is 438 g/mol. The zero-order valence-corrected chi connectivity index (χ0v) is 18.5. The molecule has 12 heteroatoms. The molecule has 0 radical (unpaired) electrons. The second-order valence-corrected chi connectivity index (χ2v) is 9.87. The molecule has 2 amide bonds. The molecule has 0 N–H and O–H groups in total. The second-order valence-electron chi connectivity index (χ2n) is 8.00. The summed E-state index contributed by atoms with van der Waals surface area (Å²) in [5, 5.41) is 12.4. The number of sulfonamides is 1. The number of carbonyl (C=O) groups is 1. The summed E-state index contributed by atoms with van der Waals surface area (Å²) < 4.78 is 34.7. The topological polar surface area (TPSA) is 118 Å². The van der Waals surface area contributed by atoms with Gasteiger partial charge in [-0.1, -0.05) is 5.16 Å². The number of urea groups is 1. The Bertz CT molecular complexity index is 1040. The maximum atomic E-state index is 13.1. The van der Waals surface area contributed by atoms with Gasteiger partial charge in [0.15, 0.2) is 11.6 Å². The monoisotopic (exact) mass is 437 g/mol. The Kier molecular flexibility index (Phi) is 5.30.